The number of carbonyl (C=O) groups excluding carboxylic acids is 1. The number of unbranched alkanes of at least 4 members (excludes halogenated alkanes) is 1. The predicted molar refractivity (Wildman–Crippen MR) is 78.4 cm³/mol. The van der Waals surface area contributed by atoms with Crippen LogP contribution >= 0.6 is 0 Å². The molecule has 0 aliphatic rings. The highest BCUT2D eigenvalue weighted by atomic mass is 16.2. The number of hydrogen-bond donors (Lipinski definition) is 0. The molecule has 0 N–H and O–H groups in total. The van der Waals surface area contributed by atoms with Gasteiger partial charge < -0.3 is 0 Å². The second-order valence-corrected chi connectivity index (χ2v) is 5.07. The van der Waals surface area contributed by atoms with Crippen molar-refractivity contribution in [2.75, 3.05) is 0 Å². The van der Waals surface area contributed by atoms with Crippen LogP contribution in [0.15, 0.2) is 24.3 Å². The van der Waals surface area contributed by atoms with Crippen molar-refractivity contribution in [2.24, 2.45) is 5.92 Å². The number of fused-ring (bicyclic) bond motifs is 1. The molecule has 0 bridgehead atoms. The summed E-state index contributed by atoms with van der Waals surface area (Å²) in [4.78, 5) is 17.2. The van der Waals surface area contributed by atoms with Crippen molar-refractivity contribution < 1.29 is 4.79 Å². The summed E-state index contributed by atoms with van der Waals surface area (Å²) < 4.78 is 1.79. The first-order valence-corrected chi connectivity index (χ1v) is 7.17. The van der Waals surface area contributed by atoms with Crippen molar-refractivity contribution in [1.82, 2.24) is 9.55 Å². The standard InChI is InChI=1S/C16H22N2O/c1-4-6-9-13(5-2)16(19)18-12(3)17-14-10-7-8-11-15(14)18/h7-8,10-11,13H,4-6,9H2,1-3H3/t13-/m0/s1. The minimum absolute atomic E-state index is 0.108. The molecule has 0 aliphatic heterocycles. The molecule has 2 rings (SSSR count). The average molecular weight is 258 g/mol. The summed E-state index contributed by atoms with van der Waals surface area (Å²) in [5.41, 5.74) is 1.83. The second-order valence-electron chi connectivity index (χ2n) is 5.07. The Hall–Kier alpha value is -1.64. The quantitative estimate of drug-likeness (QED) is 0.805. The zero-order chi connectivity index (χ0) is 13.8. The lowest BCUT2D eigenvalue weighted by Gasteiger charge is -2.15. The normalized spacial score (nSPS) is 12.8. The van der Waals surface area contributed by atoms with Gasteiger partial charge >= 0.3 is 0 Å². The summed E-state index contributed by atoms with van der Waals surface area (Å²) in [6.45, 7) is 6.16. The van der Waals surface area contributed by atoms with Crippen molar-refractivity contribution >= 4 is 16.9 Å². The van der Waals surface area contributed by atoms with Gasteiger partial charge in [0.15, 0.2) is 0 Å². The summed E-state index contributed by atoms with van der Waals surface area (Å²) >= 11 is 0. The number of para-hydroxylation sites is 2. The highest BCUT2D eigenvalue weighted by molar-refractivity contribution is 5.92. The van der Waals surface area contributed by atoms with Crippen LogP contribution in [0, 0.1) is 12.8 Å². The van der Waals surface area contributed by atoms with E-state index in [1.807, 2.05) is 31.2 Å². The molecule has 1 aromatic carbocycles. The van der Waals surface area contributed by atoms with Crippen LogP contribution < -0.4 is 0 Å². The Labute approximate surface area is 114 Å². The smallest absolute Gasteiger partial charge is 0.235 e. The van der Waals surface area contributed by atoms with Gasteiger partial charge in [0.1, 0.15) is 5.82 Å². The molecule has 102 valence electrons. The lowest BCUT2D eigenvalue weighted by atomic mass is 9.98. The fourth-order valence-corrected chi connectivity index (χ4v) is 2.56. The number of rotatable bonds is 5. The van der Waals surface area contributed by atoms with Crippen molar-refractivity contribution in [1.29, 1.82) is 0 Å². The molecule has 2 aromatic rings. The number of benzene rings is 1. The third-order valence-corrected chi connectivity index (χ3v) is 3.70. The fraction of sp³-hybridized carbons (Fsp3) is 0.500. The molecular weight excluding hydrogens is 236 g/mol. The van der Waals surface area contributed by atoms with Crippen LogP contribution in [-0.4, -0.2) is 15.5 Å². The molecule has 0 saturated heterocycles. The number of imidazole rings is 1. The maximum Gasteiger partial charge on any atom is 0.235 e. The largest absolute Gasteiger partial charge is 0.274 e. The van der Waals surface area contributed by atoms with E-state index in [1.54, 1.807) is 4.57 Å². The zero-order valence-electron chi connectivity index (χ0n) is 12.0. The van der Waals surface area contributed by atoms with Crippen LogP contribution in [0.5, 0.6) is 0 Å². The van der Waals surface area contributed by atoms with E-state index < -0.39 is 0 Å². The number of aromatic nitrogens is 2. The van der Waals surface area contributed by atoms with Crippen molar-refractivity contribution in [2.45, 2.75) is 46.5 Å². The number of carbonyl (C=O) groups is 1. The van der Waals surface area contributed by atoms with Crippen LogP contribution in [0.1, 0.15) is 50.1 Å². The minimum Gasteiger partial charge on any atom is -0.274 e. The molecule has 3 nitrogen and oxygen atoms in total. The monoisotopic (exact) mass is 258 g/mol. The first-order valence-electron chi connectivity index (χ1n) is 7.17. The van der Waals surface area contributed by atoms with Gasteiger partial charge in [0.2, 0.25) is 5.91 Å². The van der Waals surface area contributed by atoms with Crippen LogP contribution in [-0.2, 0) is 0 Å². The molecule has 19 heavy (non-hydrogen) atoms. The lowest BCUT2D eigenvalue weighted by Crippen LogP contribution is -2.22. The van der Waals surface area contributed by atoms with E-state index in [9.17, 15) is 4.79 Å². The fourth-order valence-electron chi connectivity index (χ4n) is 2.56. The van der Waals surface area contributed by atoms with Crippen molar-refractivity contribution in [3.8, 4) is 0 Å². The van der Waals surface area contributed by atoms with Gasteiger partial charge in [-0.15, -0.1) is 0 Å². The number of aryl methyl sites for hydroxylation is 1. The van der Waals surface area contributed by atoms with E-state index in [-0.39, 0.29) is 11.8 Å². The summed E-state index contributed by atoms with van der Waals surface area (Å²) in [5.74, 6) is 1.10. The van der Waals surface area contributed by atoms with Crippen LogP contribution in [0.4, 0.5) is 0 Å². The molecule has 0 radical (unpaired) electrons. The predicted octanol–water partition coefficient (Wildman–Crippen LogP) is 4.20. The Morgan fingerprint density at radius 1 is 1.32 bits per heavy atom. The van der Waals surface area contributed by atoms with Crippen LogP contribution in [0.25, 0.3) is 11.0 Å². The van der Waals surface area contributed by atoms with E-state index in [0.717, 1.165) is 42.5 Å². The summed E-state index contributed by atoms with van der Waals surface area (Å²) in [5, 5.41) is 0. The summed E-state index contributed by atoms with van der Waals surface area (Å²) in [7, 11) is 0. The van der Waals surface area contributed by atoms with Crippen LogP contribution in [0.3, 0.4) is 0 Å². The van der Waals surface area contributed by atoms with Crippen LogP contribution in [0.2, 0.25) is 0 Å². The first-order chi connectivity index (χ1) is 9.19. The van der Waals surface area contributed by atoms with Crippen molar-refractivity contribution in [3.63, 3.8) is 0 Å². The van der Waals surface area contributed by atoms with E-state index in [1.165, 1.54) is 0 Å². The van der Waals surface area contributed by atoms with E-state index in [0.29, 0.717) is 0 Å². The molecule has 0 amide bonds. The van der Waals surface area contributed by atoms with Gasteiger partial charge in [-0.25, -0.2) is 4.98 Å². The summed E-state index contributed by atoms with van der Waals surface area (Å²) in [6, 6.07) is 7.84. The van der Waals surface area contributed by atoms with Gasteiger partial charge in [-0.2, -0.15) is 0 Å². The Kier molecular flexibility index (Phi) is 4.35. The lowest BCUT2D eigenvalue weighted by molar-refractivity contribution is 0.0824. The molecular formula is C16H22N2O. The Morgan fingerprint density at radius 2 is 2.05 bits per heavy atom. The average Bonchev–Trinajstić information content (AvgIpc) is 2.75. The third kappa shape index (κ3) is 2.70. The maximum atomic E-state index is 12.7. The molecule has 1 heterocycles. The molecule has 0 spiro atoms. The SMILES string of the molecule is CCCC[C@H](CC)C(=O)n1c(C)nc2ccccc21. The Morgan fingerprint density at radius 3 is 2.74 bits per heavy atom. The minimum atomic E-state index is 0.108. The maximum absolute atomic E-state index is 12.7. The number of nitrogens with zero attached hydrogens (tertiary/aromatic N) is 2. The van der Waals surface area contributed by atoms with E-state index >= 15 is 0 Å². The van der Waals surface area contributed by atoms with Gasteiger partial charge in [-0.1, -0.05) is 38.8 Å². The molecule has 1 atom stereocenters. The van der Waals surface area contributed by atoms with E-state index in [2.05, 4.69) is 18.8 Å². The van der Waals surface area contributed by atoms with Gasteiger partial charge in [0.05, 0.1) is 11.0 Å². The molecule has 3 heteroatoms. The van der Waals surface area contributed by atoms with E-state index in [4.69, 9.17) is 0 Å². The number of hydrogen-bond acceptors (Lipinski definition) is 2. The first kappa shape index (κ1) is 13.8. The topological polar surface area (TPSA) is 34.9 Å². The second kappa shape index (κ2) is 6.00. The van der Waals surface area contributed by atoms with Gasteiger partial charge in [0.25, 0.3) is 0 Å². The van der Waals surface area contributed by atoms with Gasteiger partial charge in [0, 0.05) is 5.92 Å². The Balaban J connectivity index is 2.37. The molecule has 0 fully saturated rings. The molecule has 0 saturated carbocycles. The summed E-state index contributed by atoms with van der Waals surface area (Å²) in [6.07, 6.45) is 4.10. The Bertz CT molecular complexity index is 571. The molecule has 0 aliphatic carbocycles. The van der Waals surface area contributed by atoms with Gasteiger partial charge in [-0.05, 0) is 31.9 Å². The molecule has 0 unspecified atom stereocenters. The van der Waals surface area contributed by atoms with Gasteiger partial charge in [-0.3, -0.25) is 9.36 Å². The van der Waals surface area contributed by atoms with Crippen molar-refractivity contribution in [3.05, 3.63) is 30.1 Å². The highest BCUT2D eigenvalue weighted by Crippen LogP contribution is 2.21. The zero-order valence-corrected chi connectivity index (χ0v) is 12.0. The third-order valence-electron chi connectivity index (χ3n) is 3.70. The highest BCUT2D eigenvalue weighted by Gasteiger charge is 2.21. The molecule has 1 aromatic heterocycles.